The Morgan fingerprint density at radius 1 is 0.974 bits per heavy atom. The number of benzene rings is 1. The third kappa shape index (κ3) is 4.92. The van der Waals surface area contributed by atoms with Crippen molar-refractivity contribution in [3.8, 4) is 0 Å². The summed E-state index contributed by atoms with van der Waals surface area (Å²) in [6, 6.07) is 7.62. The summed E-state index contributed by atoms with van der Waals surface area (Å²) in [6.07, 6.45) is 1.24. The van der Waals surface area contributed by atoms with Gasteiger partial charge in [-0.05, 0) is 55.2 Å². The monoisotopic (exact) mass is 558 g/mol. The number of anilines is 1. The zero-order chi connectivity index (χ0) is 27.3. The molecule has 0 radical (unpaired) electrons. The van der Waals surface area contributed by atoms with Crippen molar-refractivity contribution in [1.82, 2.24) is 14.7 Å². The van der Waals surface area contributed by atoms with Crippen LogP contribution in [0.2, 0.25) is 0 Å². The highest BCUT2D eigenvalue weighted by Crippen LogP contribution is 2.45. The van der Waals surface area contributed by atoms with E-state index in [-0.39, 0.29) is 35.9 Å². The van der Waals surface area contributed by atoms with Gasteiger partial charge in [-0.25, -0.2) is 4.79 Å². The van der Waals surface area contributed by atoms with Crippen LogP contribution in [0.15, 0.2) is 41.9 Å². The standard InChI is InChI=1S/C28H29F3N4O3S/c29-28(30,31)22-4-2-1-3-20(22)18-7-11-34(16-18)26(36)21-15-32-35(24(21)17-5-6-17)19-8-12-33(13-9-19)23-10-14-39-25(23)27(37)38/h1-4,10,14-15,17-19H,5-9,11-13,16H2,(H,37,38). The van der Waals surface area contributed by atoms with Crippen molar-refractivity contribution in [3.63, 3.8) is 0 Å². The number of thiophene rings is 1. The molecule has 39 heavy (non-hydrogen) atoms. The number of nitrogens with zero attached hydrogens (tertiary/aromatic N) is 4. The van der Waals surface area contributed by atoms with Gasteiger partial charge in [-0.1, -0.05) is 18.2 Å². The van der Waals surface area contributed by atoms with Crippen molar-refractivity contribution in [2.45, 2.75) is 56.2 Å². The Morgan fingerprint density at radius 3 is 2.41 bits per heavy atom. The smallest absolute Gasteiger partial charge is 0.416 e. The molecule has 11 heteroatoms. The molecule has 2 saturated heterocycles. The molecule has 1 aliphatic carbocycles. The quantitative estimate of drug-likeness (QED) is 0.401. The number of aromatic nitrogens is 2. The average Bonchev–Trinajstić information content (AvgIpc) is 3.32. The number of hydrogen-bond acceptors (Lipinski definition) is 5. The van der Waals surface area contributed by atoms with Crippen LogP contribution in [0.3, 0.4) is 0 Å². The Kier molecular flexibility index (Phi) is 6.65. The Labute approximate surface area is 227 Å². The maximum absolute atomic E-state index is 13.7. The lowest BCUT2D eigenvalue weighted by atomic mass is 9.93. The topological polar surface area (TPSA) is 78.7 Å². The molecule has 1 N–H and O–H groups in total. The molecule has 1 atom stereocenters. The zero-order valence-electron chi connectivity index (χ0n) is 21.2. The fraction of sp³-hybridized carbons (Fsp3) is 0.464. The van der Waals surface area contributed by atoms with E-state index in [1.165, 1.54) is 23.5 Å². The molecule has 2 aliphatic heterocycles. The summed E-state index contributed by atoms with van der Waals surface area (Å²) >= 11 is 1.23. The number of rotatable bonds is 6. The number of carboxylic acids is 1. The van der Waals surface area contributed by atoms with Crippen molar-refractivity contribution >= 4 is 28.9 Å². The highest BCUT2D eigenvalue weighted by Gasteiger charge is 2.40. The molecule has 0 bridgehead atoms. The molecule has 3 aromatic rings. The lowest BCUT2D eigenvalue weighted by molar-refractivity contribution is -0.138. The van der Waals surface area contributed by atoms with Gasteiger partial charge in [-0.2, -0.15) is 18.3 Å². The van der Waals surface area contributed by atoms with Crippen molar-refractivity contribution in [2.24, 2.45) is 0 Å². The van der Waals surface area contributed by atoms with Gasteiger partial charge >= 0.3 is 12.1 Å². The summed E-state index contributed by atoms with van der Waals surface area (Å²) in [5.41, 5.74) is 1.89. The Bertz CT molecular complexity index is 1390. The summed E-state index contributed by atoms with van der Waals surface area (Å²) in [6.45, 7) is 2.06. The van der Waals surface area contributed by atoms with Crippen LogP contribution in [-0.2, 0) is 6.18 Å². The van der Waals surface area contributed by atoms with Crippen molar-refractivity contribution in [1.29, 1.82) is 0 Å². The molecule has 3 aliphatic rings. The molecule has 206 valence electrons. The molecular formula is C28H29F3N4O3S. The van der Waals surface area contributed by atoms with Gasteiger partial charge in [-0.15, -0.1) is 11.3 Å². The minimum Gasteiger partial charge on any atom is -0.477 e. The van der Waals surface area contributed by atoms with Gasteiger partial charge in [0, 0.05) is 38.0 Å². The molecule has 6 rings (SSSR count). The minimum absolute atomic E-state index is 0.107. The van der Waals surface area contributed by atoms with Crippen LogP contribution in [0.4, 0.5) is 18.9 Å². The Balaban J connectivity index is 1.18. The largest absolute Gasteiger partial charge is 0.477 e. The van der Waals surface area contributed by atoms with Gasteiger partial charge in [0.1, 0.15) is 4.88 Å². The number of carboxylic acid groups (broad SMARTS) is 1. The van der Waals surface area contributed by atoms with Gasteiger partial charge < -0.3 is 14.9 Å². The first-order chi connectivity index (χ1) is 18.7. The first-order valence-electron chi connectivity index (χ1n) is 13.3. The first-order valence-corrected chi connectivity index (χ1v) is 14.2. The number of piperidine rings is 1. The van der Waals surface area contributed by atoms with E-state index in [1.807, 2.05) is 10.7 Å². The maximum Gasteiger partial charge on any atom is 0.416 e. The fourth-order valence-corrected chi connectivity index (χ4v) is 6.89. The second-order valence-electron chi connectivity index (χ2n) is 10.6. The molecule has 2 aromatic heterocycles. The molecule has 1 saturated carbocycles. The molecule has 0 spiro atoms. The molecular weight excluding hydrogens is 529 g/mol. The van der Waals surface area contributed by atoms with Crippen LogP contribution in [0.25, 0.3) is 0 Å². The molecule has 4 heterocycles. The summed E-state index contributed by atoms with van der Waals surface area (Å²) < 4.78 is 42.8. The average molecular weight is 559 g/mol. The van der Waals surface area contributed by atoms with Crippen LogP contribution < -0.4 is 4.90 Å². The van der Waals surface area contributed by atoms with E-state index in [4.69, 9.17) is 0 Å². The van der Waals surface area contributed by atoms with E-state index >= 15 is 0 Å². The van der Waals surface area contributed by atoms with Crippen LogP contribution in [0.5, 0.6) is 0 Å². The number of alkyl halides is 3. The van der Waals surface area contributed by atoms with Crippen LogP contribution in [-0.4, -0.2) is 57.8 Å². The Morgan fingerprint density at radius 2 is 1.72 bits per heavy atom. The highest BCUT2D eigenvalue weighted by molar-refractivity contribution is 7.12. The summed E-state index contributed by atoms with van der Waals surface area (Å²) in [5, 5.41) is 15.9. The number of hydrogen-bond donors (Lipinski definition) is 1. The van der Waals surface area contributed by atoms with E-state index < -0.39 is 17.7 Å². The fourth-order valence-electron chi connectivity index (χ4n) is 6.13. The normalized spacial score (nSPS) is 20.5. The molecule has 1 unspecified atom stereocenters. The maximum atomic E-state index is 13.7. The van der Waals surface area contributed by atoms with E-state index in [2.05, 4.69) is 10.00 Å². The third-order valence-corrected chi connectivity index (χ3v) is 9.09. The second kappa shape index (κ2) is 10.0. The van der Waals surface area contributed by atoms with E-state index in [1.54, 1.807) is 22.5 Å². The van der Waals surface area contributed by atoms with Crippen molar-refractivity contribution < 1.29 is 27.9 Å². The van der Waals surface area contributed by atoms with Gasteiger partial charge in [0.25, 0.3) is 5.91 Å². The predicted molar refractivity (Wildman–Crippen MR) is 141 cm³/mol. The number of amides is 1. The number of aromatic carboxylic acids is 1. The number of halogens is 3. The Hall–Kier alpha value is -3.34. The SMILES string of the molecule is O=C(O)c1sccc1N1CCC(n2ncc(C(=O)N3CCC(c4ccccc4C(F)(F)F)C3)c2C2CC2)CC1. The molecule has 1 amide bonds. The zero-order valence-corrected chi connectivity index (χ0v) is 22.0. The summed E-state index contributed by atoms with van der Waals surface area (Å²) in [7, 11) is 0. The van der Waals surface area contributed by atoms with Crippen LogP contribution >= 0.6 is 11.3 Å². The van der Waals surface area contributed by atoms with Crippen LogP contribution in [0, 0.1) is 0 Å². The van der Waals surface area contributed by atoms with Gasteiger partial charge in [-0.3, -0.25) is 9.48 Å². The molecule has 7 nitrogen and oxygen atoms in total. The van der Waals surface area contributed by atoms with Gasteiger partial charge in [0.15, 0.2) is 0 Å². The van der Waals surface area contributed by atoms with E-state index in [0.29, 0.717) is 36.5 Å². The lowest BCUT2D eigenvalue weighted by Crippen LogP contribution is -2.36. The number of carbonyl (C=O) groups excluding carboxylic acids is 1. The van der Waals surface area contributed by atoms with Gasteiger partial charge in [0.2, 0.25) is 0 Å². The van der Waals surface area contributed by atoms with E-state index in [9.17, 15) is 27.9 Å². The molecule has 3 fully saturated rings. The first kappa shape index (κ1) is 25.9. The van der Waals surface area contributed by atoms with Crippen molar-refractivity contribution in [2.75, 3.05) is 31.1 Å². The molecule has 1 aromatic carbocycles. The van der Waals surface area contributed by atoms with Gasteiger partial charge in [0.05, 0.1) is 34.7 Å². The van der Waals surface area contributed by atoms with Crippen LogP contribution in [0.1, 0.15) is 86.8 Å². The summed E-state index contributed by atoms with van der Waals surface area (Å²) in [4.78, 5) is 29.3. The number of carbonyl (C=O) groups is 2. The second-order valence-corrected chi connectivity index (χ2v) is 11.6. The third-order valence-electron chi connectivity index (χ3n) is 8.20. The summed E-state index contributed by atoms with van der Waals surface area (Å²) in [5.74, 6) is -1.16. The number of likely N-dealkylation sites (tertiary alicyclic amines) is 1. The highest BCUT2D eigenvalue weighted by atomic mass is 32.1. The predicted octanol–water partition coefficient (Wildman–Crippen LogP) is 6.01. The minimum atomic E-state index is -4.43. The van der Waals surface area contributed by atoms with E-state index in [0.717, 1.165) is 43.1 Å². The lowest BCUT2D eigenvalue weighted by Gasteiger charge is -2.34. The van der Waals surface area contributed by atoms with Crippen molar-refractivity contribution in [3.05, 3.63) is 69.2 Å².